The summed E-state index contributed by atoms with van der Waals surface area (Å²) >= 11 is 0. The lowest BCUT2D eigenvalue weighted by Gasteiger charge is -2.12. The highest BCUT2D eigenvalue weighted by Gasteiger charge is 2.16. The average Bonchev–Trinajstić information content (AvgIpc) is 2.81. The molecule has 0 saturated heterocycles. The van der Waals surface area contributed by atoms with Crippen LogP contribution in [0.25, 0.3) is 0 Å². The molecule has 0 radical (unpaired) electrons. The molecule has 0 bridgehead atoms. The number of hydrogen-bond acceptors (Lipinski definition) is 4. The number of hydrogen-bond donors (Lipinski definition) is 2. The zero-order chi connectivity index (χ0) is 13.0. The maximum atomic E-state index is 11.8. The van der Waals surface area contributed by atoms with E-state index in [1.807, 2.05) is 13.8 Å². The van der Waals surface area contributed by atoms with E-state index in [-0.39, 0.29) is 11.9 Å². The van der Waals surface area contributed by atoms with E-state index < -0.39 is 0 Å². The zero-order valence-corrected chi connectivity index (χ0v) is 10.9. The van der Waals surface area contributed by atoms with Crippen molar-refractivity contribution in [2.24, 2.45) is 0 Å². The summed E-state index contributed by atoms with van der Waals surface area (Å²) < 4.78 is 0. The van der Waals surface area contributed by atoms with Gasteiger partial charge in [0.1, 0.15) is 5.69 Å². The number of aromatic nitrogens is 2. The molecule has 1 saturated carbocycles. The van der Waals surface area contributed by atoms with Gasteiger partial charge in [0.05, 0.1) is 0 Å². The fourth-order valence-electron chi connectivity index (χ4n) is 2.14. The van der Waals surface area contributed by atoms with E-state index in [0.717, 1.165) is 12.8 Å². The summed E-state index contributed by atoms with van der Waals surface area (Å²) in [5, 5.41) is 6.11. The van der Waals surface area contributed by atoms with Gasteiger partial charge in [-0.3, -0.25) is 4.79 Å². The fourth-order valence-corrected chi connectivity index (χ4v) is 2.14. The number of anilines is 1. The lowest BCUT2D eigenvalue weighted by molar-refractivity contribution is 0.0938. The van der Waals surface area contributed by atoms with Crippen LogP contribution in [-0.4, -0.2) is 28.0 Å². The van der Waals surface area contributed by atoms with Gasteiger partial charge in [0.25, 0.3) is 5.91 Å². The molecule has 1 aliphatic carbocycles. The van der Waals surface area contributed by atoms with Gasteiger partial charge >= 0.3 is 0 Å². The van der Waals surface area contributed by atoms with Crippen LogP contribution >= 0.6 is 0 Å². The van der Waals surface area contributed by atoms with Crippen molar-refractivity contribution in [1.29, 1.82) is 0 Å². The van der Waals surface area contributed by atoms with Crippen molar-refractivity contribution >= 4 is 11.9 Å². The van der Waals surface area contributed by atoms with Crippen molar-refractivity contribution in [1.82, 2.24) is 15.3 Å². The van der Waals surface area contributed by atoms with Crippen LogP contribution in [0.4, 0.5) is 5.95 Å². The molecule has 1 fully saturated rings. The number of nitrogens with one attached hydrogen (secondary N) is 2. The summed E-state index contributed by atoms with van der Waals surface area (Å²) in [5.41, 5.74) is 0.416. The lowest BCUT2D eigenvalue weighted by Crippen LogP contribution is -2.31. The lowest BCUT2D eigenvalue weighted by atomic mass is 10.2. The number of carbonyl (C=O) groups is 1. The van der Waals surface area contributed by atoms with Crippen LogP contribution in [0.5, 0.6) is 0 Å². The molecule has 1 aromatic rings. The van der Waals surface area contributed by atoms with E-state index in [4.69, 9.17) is 0 Å². The Kier molecular flexibility index (Phi) is 4.12. The van der Waals surface area contributed by atoms with Crippen molar-refractivity contribution in [2.75, 3.05) is 5.32 Å². The van der Waals surface area contributed by atoms with E-state index >= 15 is 0 Å². The number of amides is 1. The Morgan fingerprint density at radius 1 is 1.39 bits per heavy atom. The quantitative estimate of drug-likeness (QED) is 0.855. The van der Waals surface area contributed by atoms with E-state index in [1.165, 1.54) is 12.8 Å². The molecule has 0 atom stereocenters. The largest absolute Gasteiger partial charge is 0.351 e. The smallest absolute Gasteiger partial charge is 0.270 e. The number of nitrogens with zero attached hydrogens (tertiary/aromatic N) is 2. The second-order valence-electron chi connectivity index (χ2n) is 5.02. The summed E-state index contributed by atoms with van der Waals surface area (Å²) in [7, 11) is 0. The standard InChI is InChI=1S/C13H20N4O/c1-9(2)15-12(18)11-7-8-14-13(17-11)16-10-5-3-4-6-10/h7-10H,3-6H2,1-2H3,(H,15,18)(H,14,16,17). The maximum absolute atomic E-state index is 11.8. The molecule has 1 aliphatic rings. The number of rotatable bonds is 4. The van der Waals surface area contributed by atoms with Gasteiger partial charge in [-0.15, -0.1) is 0 Å². The van der Waals surface area contributed by atoms with Crippen molar-refractivity contribution in [3.05, 3.63) is 18.0 Å². The van der Waals surface area contributed by atoms with Gasteiger partial charge < -0.3 is 10.6 Å². The normalized spacial score (nSPS) is 15.9. The molecular formula is C13H20N4O. The van der Waals surface area contributed by atoms with Crippen LogP contribution in [0.15, 0.2) is 12.3 Å². The van der Waals surface area contributed by atoms with Crippen molar-refractivity contribution in [3.8, 4) is 0 Å². The molecule has 5 nitrogen and oxygen atoms in total. The van der Waals surface area contributed by atoms with Gasteiger partial charge in [0.15, 0.2) is 0 Å². The molecule has 0 spiro atoms. The van der Waals surface area contributed by atoms with E-state index in [0.29, 0.717) is 17.7 Å². The van der Waals surface area contributed by atoms with Gasteiger partial charge in [0.2, 0.25) is 5.95 Å². The molecule has 5 heteroatoms. The van der Waals surface area contributed by atoms with Crippen LogP contribution in [0.3, 0.4) is 0 Å². The topological polar surface area (TPSA) is 66.9 Å². The Morgan fingerprint density at radius 3 is 2.78 bits per heavy atom. The molecular weight excluding hydrogens is 228 g/mol. The van der Waals surface area contributed by atoms with Crippen molar-refractivity contribution in [2.45, 2.75) is 51.6 Å². The van der Waals surface area contributed by atoms with Crippen molar-refractivity contribution < 1.29 is 4.79 Å². The van der Waals surface area contributed by atoms with Gasteiger partial charge in [-0.25, -0.2) is 9.97 Å². The second-order valence-corrected chi connectivity index (χ2v) is 5.02. The predicted molar refractivity (Wildman–Crippen MR) is 70.5 cm³/mol. The Labute approximate surface area is 107 Å². The monoisotopic (exact) mass is 248 g/mol. The van der Waals surface area contributed by atoms with Crippen LogP contribution in [0.2, 0.25) is 0 Å². The Morgan fingerprint density at radius 2 is 2.11 bits per heavy atom. The minimum atomic E-state index is -0.151. The highest BCUT2D eigenvalue weighted by Crippen LogP contribution is 2.20. The average molecular weight is 248 g/mol. The molecule has 18 heavy (non-hydrogen) atoms. The Balaban J connectivity index is 2.02. The highest BCUT2D eigenvalue weighted by molar-refractivity contribution is 5.92. The van der Waals surface area contributed by atoms with Gasteiger partial charge in [0, 0.05) is 18.3 Å². The fraction of sp³-hybridized carbons (Fsp3) is 0.615. The Bertz CT molecular complexity index is 413. The van der Waals surface area contributed by atoms with Crippen LogP contribution in [0.1, 0.15) is 50.0 Å². The first kappa shape index (κ1) is 12.8. The maximum Gasteiger partial charge on any atom is 0.270 e. The molecule has 2 N–H and O–H groups in total. The summed E-state index contributed by atoms with van der Waals surface area (Å²) in [6.45, 7) is 3.85. The molecule has 1 amide bonds. The van der Waals surface area contributed by atoms with Crippen LogP contribution in [0, 0.1) is 0 Å². The minimum absolute atomic E-state index is 0.110. The van der Waals surface area contributed by atoms with Crippen LogP contribution in [-0.2, 0) is 0 Å². The minimum Gasteiger partial charge on any atom is -0.351 e. The van der Waals surface area contributed by atoms with E-state index in [1.54, 1.807) is 12.3 Å². The first-order valence-corrected chi connectivity index (χ1v) is 6.55. The first-order chi connectivity index (χ1) is 8.65. The third-order valence-electron chi connectivity index (χ3n) is 3.00. The molecule has 0 aliphatic heterocycles. The first-order valence-electron chi connectivity index (χ1n) is 6.55. The SMILES string of the molecule is CC(C)NC(=O)c1ccnc(NC2CCCC2)n1. The molecule has 0 unspecified atom stereocenters. The summed E-state index contributed by atoms with van der Waals surface area (Å²) in [6, 6.07) is 2.20. The predicted octanol–water partition coefficient (Wildman–Crippen LogP) is 1.97. The van der Waals surface area contributed by atoms with Crippen LogP contribution < -0.4 is 10.6 Å². The summed E-state index contributed by atoms with van der Waals surface area (Å²) in [4.78, 5) is 20.2. The van der Waals surface area contributed by atoms with E-state index in [9.17, 15) is 4.79 Å². The summed E-state index contributed by atoms with van der Waals surface area (Å²) in [5.74, 6) is 0.403. The number of carbonyl (C=O) groups excluding carboxylic acids is 1. The van der Waals surface area contributed by atoms with Gasteiger partial charge in [-0.05, 0) is 32.8 Å². The van der Waals surface area contributed by atoms with Gasteiger partial charge in [-0.1, -0.05) is 12.8 Å². The molecule has 98 valence electrons. The van der Waals surface area contributed by atoms with E-state index in [2.05, 4.69) is 20.6 Å². The molecule has 0 aromatic carbocycles. The highest BCUT2D eigenvalue weighted by atomic mass is 16.1. The Hall–Kier alpha value is -1.65. The van der Waals surface area contributed by atoms with Crippen molar-refractivity contribution in [3.63, 3.8) is 0 Å². The molecule has 1 heterocycles. The third kappa shape index (κ3) is 3.42. The second kappa shape index (κ2) is 5.80. The van der Waals surface area contributed by atoms with Gasteiger partial charge in [-0.2, -0.15) is 0 Å². The molecule has 1 aromatic heterocycles. The zero-order valence-electron chi connectivity index (χ0n) is 10.9. The summed E-state index contributed by atoms with van der Waals surface area (Å²) in [6.07, 6.45) is 6.45. The third-order valence-corrected chi connectivity index (χ3v) is 3.00. The molecule has 2 rings (SSSR count).